The molecule has 4 nitrogen and oxygen atoms in total. The highest BCUT2D eigenvalue weighted by molar-refractivity contribution is 7.85. The predicted molar refractivity (Wildman–Crippen MR) is 53.2 cm³/mol. The summed E-state index contributed by atoms with van der Waals surface area (Å²) in [6, 6.07) is 5.42. The highest BCUT2D eigenvalue weighted by atomic mass is 35.5. The van der Waals surface area contributed by atoms with E-state index >= 15 is 0 Å². The van der Waals surface area contributed by atoms with Crippen LogP contribution in [0.5, 0.6) is 0 Å². The van der Waals surface area contributed by atoms with E-state index < -0.39 is 15.0 Å². The molecule has 1 aromatic carbocycles. The van der Waals surface area contributed by atoms with Crippen molar-refractivity contribution in [3.63, 3.8) is 0 Å². The van der Waals surface area contributed by atoms with Gasteiger partial charge in [-0.2, -0.15) is 13.7 Å². The SMILES string of the molecule is Cl.N#Cc1c(Cl)cccc1S(=O)(=O)O. The maximum atomic E-state index is 10.7. The number of nitriles is 1. The van der Waals surface area contributed by atoms with E-state index in [-0.39, 0.29) is 23.0 Å². The van der Waals surface area contributed by atoms with Crippen LogP contribution in [0.4, 0.5) is 0 Å². The fourth-order valence-corrected chi connectivity index (χ4v) is 1.76. The third-order valence-corrected chi connectivity index (χ3v) is 2.58. The van der Waals surface area contributed by atoms with Gasteiger partial charge in [0.15, 0.2) is 0 Å². The van der Waals surface area contributed by atoms with Gasteiger partial charge in [0.1, 0.15) is 11.0 Å². The van der Waals surface area contributed by atoms with E-state index in [1.54, 1.807) is 6.07 Å². The third-order valence-electron chi connectivity index (χ3n) is 1.37. The molecule has 0 aliphatic carbocycles. The standard InChI is InChI=1S/C7H4ClNO3S.ClH/c8-6-2-1-3-7(5(6)4-9)13(10,11)12;/h1-3H,(H,10,11,12);1H. The van der Waals surface area contributed by atoms with Crippen molar-refractivity contribution in [3.05, 3.63) is 28.8 Å². The Kier molecular flexibility index (Phi) is 4.36. The van der Waals surface area contributed by atoms with Gasteiger partial charge in [-0.1, -0.05) is 17.7 Å². The number of halogens is 2. The van der Waals surface area contributed by atoms with Gasteiger partial charge in [-0.05, 0) is 12.1 Å². The van der Waals surface area contributed by atoms with Gasteiger partial charge in [0.25, 0.3) is 10.1 Å². The molecule has 14 heavy (non-hydrogen) atoms. The van der Waals surface area contributed by atoms with Gasteiger partial charge < -0.3 is 0 Å². The summed E-state index contributed by atoms with van der Waals surface area (Å²) < 4.78 is 30.1. The van der Waals surface area contributed by atoms with Crippen LogP contribution < -0.4 is 0 Å². The van der Waals surface area contributed by atoms with Crippen LogP contribution in [0.1, 0.15) is 5.56 Å². The molecule has 0 aliphatic rings. The van der Waals surface area contributed by atoms with Gasteiger partial charge in [-0.3, -0.25) is 4.55 Å². The molecule has 0 fully saturated rings. The molecule has 0 amide bonds. The first kappa shape index (κ1) is 13.2. The molecule has 0 unspecified atom stereocenters. The molecule has 0 bridgehead atoms. The van der Waals surface area contributed by atoms with E-state index in [0.29, 0.717) is 0 Å². The van der Waals surface area contributed by atoms with Crippen molar-refractivity contribution in [1.82, 2.24) is 0 Å². The smallest absolute Gasteiger partial charge is 0.282 e. The Balaban J connectivity index is 0.00000169. The molecule has 0 saturated heterocycles. The molecular weight excluding hydrogens is 249 g/mol. The Morgan fingerprint density at radius 3 is 2.36 bits per heavy atom. The summed E-state index contributed by atoms with van der Waals surface area (Å²) in [7, 11) is -4.38. The van der Waals surface area contributed by atoms with Gasteiger partial charge in [0.2, 0.25) is 0 Å². The summed E-state index contributed by atoms with van der Waals surface area (Å²) in [4.78, 5) is -0.470. The number of hydrogen-bond acceptors (Lipinski definition) is 3. The largest absolute Gasteiger partial charge is 0.295 e. The van der Waals surface area contributed by atoms with Gasteiger partial charge in [-0.25, -0.2) is 0 Å². The molecule has 0 aromatic heterocycles. The van der Waals surface area contributed by atoms with E-state index in [0.717, 1.165) is 6.07 Å². The van der Waals surface area contributed by atoms with Crippen molar-refractivity contribution in [1.29, 1.82) is 5.26 Å². The van der Waals surface area contributed by atoms with Crippen molar-refractivity contribution >= 4 is 34.1 Å². The molecule has 0 saturated carbocycles. The molecular formula is C7H5Cl2NO3S. The van der Waals surface area contributed by atoms with E-state index in [1.807, 2.05) is 0 Å². The van der Waals surface area contributed by atoms with Crippen LogP contribution in [0.25, 0.3) is 0 Å². The molecule has 1 rings (SSSR count). The fourth-order valence-electron chi connectivity index (χ4n) is 0.828. The van der Waals surface area contributed by atoms with E-state index in [9.17, 15) is 8.42 Å². The van der Waals surface area contributed by atoms with E-state index in [2.05, 4.69) is 0 Å². The lowest BCUT2D eigenvalue weighted by Crippen LogP contribution is -2.01. The van der Waals surface area contributed by atoms with Crippen molar-refractivity contribution in [2.45, 2.75) is 4.90 Å². The minimum Gasteiger partial charge on any atom is -0.282 e. The summed E-state index contributed by atoms with van der Waals surface area (Å²) in [5.74, 6) is 0. The summed E-state index contributed by atoms with van der Waals surface area (Å²) in [5, 5.41) is 8.55. The average molecular weight is 254 g/mol. The maximum absolute atomic E-state index is 10.7. The quantitative estimate of drug-likeness (QED) is 0.776. The fraction of sp³-hybridized carbons (Fsp3) is 0. The molecule has 0 aliphatic heterocycles. The summed E-state index contributed by atoms with van der Waals surface area (Å²) >= 11 is 5.54. The second-order valence-corrected chi connectivity index (χ2v) is 4.00. The third kappa shape index (κ3) is 2.59. The van der Waals surface area contributed by atoms with Crippen LogP contribution in [0, 0.1) is 11.3 Å². The minimum absolute atomic E-state index is 0. The monoisotopic (exact) mass is 253 g/mol. The first-order valence-corrected chi connectivity index (χ1v) is 4.94. The Bertz CT molecular complexity index is 478. The van der Waals surface area contributed by atoms with Crippen LogP contribution >= 0.6 is 24.0 Å². The molecule has 0 heterocycles. The van der Waals surface area contributed by atoms with Gasteiger partial charge >= 0.3 is 0 Å². The first-order chi connectivity index (χ1) is 5.96. The zero-order valence-electron chi connectivity index (χ0n) is 6.64. The summed E-state index contributed by atoms with van der Waals surface area (Å²) in [5.41, 5.74) is -0.244. The molecule has 0 radical (unpaired) electrons. The lowest BCUT2D eigenvalue weighted by molar-refractivity contribution is 0.483. The Morgan fingerprint density at radius 2 is 2.00 bits per heavy atom. The average Bonchev–Trinajstić information content (AvgIpc) is 2.02. The molecule has 7 heteroatoms. The highest BCUT2D eigenvalue weighted by Crippen LogP contribution is 2.22. The zero-order valence-corrected chi connectivity index (χ0v) is 9.03. The zero-order chi connectivity index (χ0) is 10.1. The number of nitrogens with zero attached hydrogens (tertiary/aromatic N) is 1. The van der Waals surface area contributed by atoms with Crippen molar-refractivity contribution in [3.8, 4) is 6.07 Å². The lowest BCUT2D eigenvalue weighted by atomic mass is 10.2. The Hall–Kier alpha value is -0.800. The molecule has 1 aromatic rings. The highest BCUT2D eigenvalue weighted by Gasteiger charge is 2.16. The van der Waals surface area contributed by atoms with Gasteiger partial charge in [-0.15, -0.1) is 12.4 Å². The maximum Gasteiger partial charge on any atom is 0.295 e. The number of hydrogen-bond donors (Lipinski definition) is 1. The van der Waals surface area contributed by atoms with Crippen molar-refractivity contribution in [2.24, 2.45) is 0 Å². The first-order valence-electron chi connectivity index (χ1n) is 3.13. The van der Waals surface area contributed by atoms with Crippen LogP contribution in [0.15, 0.2) is 23.1 Å². The second kappa shape index (κ2) is 4.62. The normalized spacial score (nSPS) is 10.1. The van der Waals surface area contributed by atoms with Crippen molar-refractivity contribution in [2.75, 3.05) is 0 Å². The van der Waals surface area contributed by atoms with Crippen LogP contribution in [0.2, 0.25) is 5.02 Å². The van der Waals surface area contributed by atoms with Gasteiger partial charge in [0, 0.05) is 0 Å². The predicted octanol–water partition coefficient (Wildman–Crippen LogP) is 1.88. The van der Waals surface area contributed by atoms with Crippen LogP contribution in [-0.2, 0) is 10.1 Å². The molecule has 0 atom stereocenters. The number of rotatable bonds is 1. The van der Waals surface area contributed by atoms with Crippen LogP contribution in [-0.4, -0.2) is 13.0 Å². The van der Waals surface area contributed by atoms with Crippen LogP contribution in [0.3, 0.4) is 0 Å². The lowest BCUT2D eigenvalue weighted by Gasteiger charge is -2.00. The van der Waals surface area contributed by atoms with Gasteiger partial charge in [0.05, 0.1) is 10.6 Å². The Morgan fingerprint density at radius 1 is 1.43 bits per heavy atom. The Labute approximate surface area is 92.3 Å². The second-order valence-electron chi connectivity index (χ2n) is 2.20. The topological polar surface area (TPSA) is 78.2 Å². The number of benzene rings is 1. The minimum atomic E-state index is -4.38. The van der Waals surface area contributed by atoms with E-state index in [1.165, 1.54) is 12.1 Å². The van der Waals surface area contributed by atoms with Crippen molar-refractivity contribution < 1.29 is 13.0 Å². The molecule has 0 spiro atoms. The summed E-state index contributed by atoms with van der Waals surface area (Å²) in [6.45, 7) is 0. The molecule has 76 valence electrons. The van der Waals surface area contributed by atoms with E-state index in [4.69, 9.17) is 21.4 Å². The summed E-state index contributed by atoms with van der Waals surface area (Å²) in [6.07, 6.45) is 0. The molecule has 1 N–H and O–H groups in total.